The third-order valence-corrected chi connectivity index (χ3v) is 4.04. The predicted molar refractivity (Wildman–Crippen MR) is 96.8 cm³/mol. The van der Waals surface area contributed by atoms with Crippen molar-refractivity contribution in [3.05, 3.63) is 57.6 Å². The van der Waals surface area contributed by atoms with Crippen molar-refractivity contribution in [1.29, 1.82) is 0 Å². The highest BCUT2D eigenvalue weighted by molar-refractivity contribution is 6.09. The lowest BCUT2D eigenvalue weighted by atomic mass is 10.1. The number of anilines is 1. The zero-order valence-electron chi connectivity index (χ0n) is 14.3. The van der Waals surface area contributed by atoms with Crippen molar-refractivity contribution in [3.8, 4) is 11.5 Å². The molecule has 2 aromatic carbocycles. The highest BCUT2D eigenvalue weighted by Crippen LogP contribution is 2.29. The summed E-state index contributed by atoms with van der Waals surface area (Å²) in [6.45, 7) is 0.759. The second-order valence-corrected chi connectivity index (χ2v) is 5.59. The van der Waals surface area contributed by atoms with Crippen molar-refractivity contribution in [2.24, 2.45) is 4.99 Å². The van der Waals surface area contributed by atoms with Gasteiger partial charge in [-0.25, -0.2) is 0 Å². The number of rotatable bonds is 4. The van der Waals surface area contributed by atoms with Crippen LogP contribution >= 0.6 is 0 Å². The summed E-state index contributed by atoms with van der Waals surface area (Å²) in [5, 5.41) is 11.0. The van der Waals surface area contributed by atoms with Crippen LogP contribution in [0.25, 0.3) is 0 Å². The second-order valence-electron chi connectivity index (χ2n) is 5.59. The number of ether oxygens (including phenoxy) is 2. The Morgan fingerprint density at radius 2 is 1.85 bits per heavy atom. The van der Waals surface area contributed by atoms with Gasteiger partial charge >= 0.3 is 0 Å². The first-order valence-electron chi connectivity index (χ1n) is 7.86. The van der Waals surface area contributed by atoms with Crippen molar-refractivity contribution in [2.75, 3.05) is 32.2 Å². The molecule has 1 amide bonds. The van der Waals surface area contributed by atoms with E-state index in [2.05, 4.69) is 4.99 Å². The summed E-state index contributed by atoms with van der Waals surface area (Å²) < 4.78 is 10.4. The van der Waals surface area contributed by atoms with E-state index in [-0.39, 0.29) is 11.6 Å². The second kappa shape index (κ2) is 7.22. The number of nitro benzene ring substituents is 1. The number of fused-ring (bicyclic) bond motifs is 1. The van der Waals surface area contributed by atoms with Crippen LogP contribution < -0.4 is 14.4 Å². The molecule has 1 heterocycles. The van der Waals surface area contributed by atoms with E-state index in [0.717, 1.165) is 0 Å². The molecule has 2 aromatic rings. The lowest BCUT2D eigenvalue weighted by Crippen LogP contribution is -2.33. The van der Waals surface area contributed by atoms with Crippen LogP contribution in [0.4, 0.5) is 11.4 Å². The van der Waals surface area contributed by atoms with Crippen LogP contribution in [0.2, 0.25) is 0 Å². The highest BCUT2D eigenvalue weighted by atomic mass is 16.6. The number of methoxy groups -OCH3 is 2. The normalized spacial score (nSPS) is 12.9. The van der Waals surface area contributed by atoms with Crippen molar-refractivity contribution in [3.63, 3.8) is 0 Å². The van der Waals surface area contributed by atoms with Gasteiger partial charge in [0.15, 0.2) is 0 Å². The molecule has 0 N–H and O–H groups in total. The van der Waals surface area contributed by atoms with E-state index in [0.29, 0.717) is 41.4 Å². The molecule has 1 aliphatic rings. The SMILES string of the molecule is COc1cc(OC)cc(C(=O)N2CCN=Cc3cc([N+](=O)[O-])ccc32)c1. The lowest BCUT2D eigenvalue weighted by Gasteiger charge is -2.23. The molecule has 0 saturated heterocycles. The fraction of sp³-hybridized carbons (Fsp3) is 0.222. The minimum atomic E-state index is -0.474. The summed E-state index contributed by atoms with van der Waals surface area (Å²) in [5.74, 6) is 0.744. The van der Waals surface area contributed by atoms with E-state index in [4.69, 9.17) is 9.47 Å². The van der Waals surface area contributed by atoms with Crippen LogP contribution in [0, 0.1) is 10.1 Å². The van der Waals surface area contributed by atoms with Crippen LogP contribution in [0.15, 0.2) is 41.4 Å². The first kappa shape index (κ1) is 17.4. The van der Waals surface area contributed by atoms with Crippen molar-refractivity contribution in [2.45, 2.75) is 0 Å². The number of nitro groups is 1. The van der Waals surface area contributed by atoms with Gasteiger partial charge in [-0.3, -0.25) is 19.9 Å². The molecule has 0 spiro atoms. The van der Waals surface area contributed by atoms with Gasteiger partial charge in [-0.15, -0.1) is 0 Å². The molecule has 0 atom stereocenters. The number of amides is 1. The van der Waals surface area contributed by atoms with E-state index < -0.39 is 4.92 Å². The van der Waals surface area contributed by atoms with Gasteiger partial charge in [0.25, 0.3) is 11.6 Å². The Morgan fingerprint density at radius 3 is 2.46 bits per heavy atom. The average Bonchev–Trinajstić information content (AvgIpc) is 2.88. The first-order chi connectivity index (χ1) is 12.5. The number of hydrogen-bond acceptors (Lipinski definition) is 6. The molecule has 0 radical (unpaired) electrons. The molecule has 134 valence electrons. The van der Waals surface area contributed by atoms with Crippen molar-refractivity contribution >= 4 is 23.5 Å². The van der Waals surface area contributed by atoms with Gasteiger partial charge in [0.1, 0.15) is 11.5 Å². The van der Waals surface area contributed by atoms with Crippen molar-refractivity contribution < 1.29 is 19.2 Å². The Morgan fingerprint density at radius 1 is 1.15 bits per heavy atom. The summed E-state index contributed by atoms with van der Waals surface area (Å²) in [6, 6.07) is 9.30. The average molecular weight is 355 g/mol. The zero-order chi connectivity index (χ0) is 18.7. The number of carbonyl (C=O) groups is 1. The number of benzene rings is 2. The van der Waals surface area contributed by atoms with Crippen LogP contribution in [-0.4, -0.2) is 44.4 Å². The van der Waals surface area contributed by atoms with Gasteiger partial charge in [-0.05, 0) is 18.2 Å². The van der Waals surface area contributed by atoms with Crippen LogP contribution in [0.3, 0.4) is 0 Å². The molecule has 0 bridgehead atoms. The third kappa shape index (κ3) is 3.34. The molecule has 1 aliphatic heterocycles. The fourth-order valence-electron chi connectivity index (χ4n) is 2.74. The standard InChI is InChI=1S/C18H17N3O5/c1-25-15-8-12(9-16(10-15)26-2)18(22)20-6-5-19-11-13-7-14(21(23)24)3-4-17(13)20/h3-4,7-11H,5-6H2,1-2H3. The molecular formula is C18H17N3O5. The van der Waals surface area contributed by atoms with Gasteiger partial charge in [0.2, 0.25) is 0 Å². The molecule has 3 rings (SSSR count). The lowest BCUT2D eigenvalue weighted by molar-refractivity contribution is -0.384. The number of nitrogens with zero attached hydrogens (tertiary/aromatic N) is 3. The first-order valence-corrected chi connectivity index (χ1v) is 7.86. The topological polar surface area (TPSA) is 94.3 Å². The number of non-ortho nitro benzene ring substituents is 1. The Labute approximate surface area is 149 Å². The summed E-state index contributed by atoms with van der Waals surface area (Å²) >= 11 is 0. The molecule has 0 saturated carbocycles. The maximum atomic E-state index is 13.1. The smallest absolute Gasteiger partial charge is 0.270 e. The van der Waals surface area contributed by atoms with Crippen LogP contribution in [-0.2, 0) is 0 Å². The van der Waals surface area contributed by atoms with Gasteiger partial charge < -0.3 is 14.4 Å². The summed E-state index contributed by atoms with van der Waals surface area (Å²) in [4.78, 5) is 29.4. The van der Waals surface area contributed by atoms with Gasteiger partial charge in [-0.2, -0.15) is 0 Å². The largest absolute Gasteiger partial charge is 0.497 e. The number of carbonyl (C=O) groups excluding carboxylic acids is 1. The fourth-order valence-corrected chi connectivity index (χ4v) is 2.74. The van der Waals surface area contributed by atoms with Crippen molar-refractivity contribution in [1.82, 2.24) is 0 Å². The van der Waals surface area contributed by atoms with Gasteiger partial charge in [0.05, 0.1) is 31.4 Å². The molecule has 0 unspecified atom stereocenters. The molecular weight excluding hydrogens is 338 g/mol. The maximum absolute atomic E-state index is 13.1. The Balaban J connectivity index is 2.03. The van der Waals surface area contributed by atoms with Crippen LogP contribution in [0.1, 0.15) is 15.9 Å². The Hall–Kier alpha value is -3.42. The highest BCUT2D eigenvalue weighted by Gasteiger charge is 2.24. The molecule has 0 fully saturated rings. The molecule has 0 aliphatic carbocycles. The van der Waals surface area contributed by atoms with Gasteiger partial charge in [0, 0.05) is 42.1 Å². The van der Waals surface area contributed by atoms with Gasteiger partial charge in [-0.1, -0.05) is 0 Å². The summed E-state index contributed by atoms with van der Waals surface area (Å²) in [6.07, 6.45) is 1.56. The summed E-state index contributed by atoms with van der Waals surface area (Å²) in [5.41, 5.74) is 1.45. The van der Waals surface area contributed by atoms with E-state index >= 15 is 0 Å². The summed E-state index contributed by atoms with van der Waals surface area (Å²) in [7, 11) is 3.02. The van der Waals surface area contributed by atoms with E-state index in [1.807, 2.05) is 0 Å². The van der Waals surface area contributed by atoms with E-state index in [1.165, 1.54) is 26.4 Å². The molecule has 26 heavy (non-hydrogen) atoms. The maximum Gasteiger partial charge on any atom is 0.270 e. The molecule has 8 nitrogen and oxygen atoms in total. The Bertz CT molecular complexity index is 872. The predicted octanol–water partition coefficient (Wildman–Crippen LogP) is 2.69. The molecule has 8 heteroatoms. The monoisotopic (exact) mass is 355 g/mol. The number of hydrogen-bond donors (Lipinski definition) is 0. The number of aliphatic imine (C=N–C) groups is 1. The van der Waals surface area contributed by atoms with E-state index in [9.17, 15) is 14.9 Å². The van der Waals surface area contributed by atoms with Crippen LogP contribution in [0.5, 0.6) is 11.5 Å². The van der Waals surface area contributed by atoms with E-state index in [1.54, 1.807) is 35.4 Å². The minimum absolute atomic E-state index is 0.0486. The minimum Gasteiger partial charge on any atom is -0.497 e. The quantitative estimate of drug-likeness (QED) is 0.621. The third-order valence-electron chi connectivity index (χ3n) is 4.04. The zero-order valence-corrected chi connectivity index (χ0v) is 14.3. The number of benzodiazepines with no additional fused rings is 1. The Kier molecular flexibility index (Phi) is 4.83. The molecule has 0 aromatic heterocycles.